The molecule has 0 aliphatic rings. The Balaban J connectivity index is 1.64. The van der Waals surface area contributed by atoms with Crippen LogP contribution in [0.15, 0.2) is 33.4 Å². The Morgan fingerprint density at radius 1 is 1.14 bits per heavy atom. The second-order valence-electron chi connectivity index (χ2n) is 7.51. The molecule has 184 valence electrons. The zero-order chi connectivity index (χ0) is 25.8. The molecule has 4 rings (SSSR count). The van der Waals surface area contributed by atoms with Gasteiger partial charge < -0.3 is 9.88 Å². The summed E-state index contributed by atoms with van der Waals surface area (Å²) in [5, 5.41) is 3.58. The van der Waals surface area contributed by atoms with Gasteiger partial charge in [0.2, 0.25) is 5.91 Å². The van der Waals surface area contributed by atoms with E-state index in [2.05, 4.69) is 15.3 Å². The molecule has 0 spiro atoms. The van der Waals surface area contributed by atoms with E-state index in [1.807, 2.05) is 0 Å². The van der Waals surface area contributed by atoms with Gasteiger partial charge >= 0.3 is 11.9 Å². The Morgan fingerprint density at radius 3 is 2.49 bits per heavy atom. The van der Waals surface area contributed by atoms with Crippen LogP contribution in [0.4, 0.5) is 27.1 Å². The van der Waals surface area contributed by atoms with E-state index in [-0.39, 0.29) is 22.0 Å². The smallest absolute Gasteiger partial charge is 0.312 e. The van der Waals surface area contributed by atoms with Gasteiger partial charge in [0.05, 0.1) is 12.0 Å². The maximum absolute atomic E-state index is 14.4. The van der Waals surface area contributed by atoms with E-state index in [1.165, 1.54) is 37.3 Å². The zero-order valence-electron chi connectivity index (χ0n) is 18.1. The van der Waals surface area contributed by atoms with Gasteiger partial charge in [0.1, 0.15) is 23.2 Å². The number of amides is 1. The maximum atomic E-state index is 14.4. The van der Waals surface area contributed by atoms with Crippen LogP contribution in [0.1, 0.15) is 18.5 Å². The van der Waals surface area contributed by atoms with Crippen LogP contribution in [0.3, 0.4) is 0 Å². The van der Waals surface area contributed by atoms with Gasteiger partial charge in [-0.05, 0) is 19.1 Å². The number of carbonyl (C=O) groups is 1. The number of rotatable bonds is 4. The van der Waals surface area contributed by atoms with Gasteiger partial charge in [0.25, 0.3) is 5.56 Å². The number of aromatic nitrogens is 5. The Kier molecular flexibility index (Phi) is 5.82. The van der Waals surface area contributed by atoms with Gasteiger partial charge in [0, 0.05) is 25.0 Å². The lowest BCUT2D eigenvalue weighted by molar-refractivity contribution is -0.142. The largest absolute Gasteiger partial charge is 0.422 e. The van der Waals surface area contributed by atoms with Crippen LogP contribution < -0.4 is 16.6 Å². The standard InChI is InChI=1S/C20H15F5N6O3S/c1-8(31-7-26-15-14(31)17(33)30(3)19(34)29(15)2)16(32)28-18-27-11(6-35-18)9-4-5-10(21)12(13(9)22)20(23,24)25/h4-8H,1-3H3,(H,27,28,32). The summed E-state index contributed by atoms with van der Waals surface area (Å²) in [4.78, 5) is 45.4. The molecule has 1 aromatic carbocycles. The normalized spacial score (nSPS) is 12.8. The average molecular weight is 514 g/mol. The van der Waals surface area contributed by atoms with Crippen LogP contribution in [0.5, 0.6) is 0 Å². The SMILES string of the molecule is CC(C(=O)Nc1nc(-c2ccc(F)c(C(F)(F)F)c2F)cs1)n1cnc2c1c(=O)n(C)c(=O)n2C. The van der Waals surface area contributed by atoms with Crippen LogP contribution in [0, 0.1) is 11.6 Å². The number of anilines is 1. The lowest BCUT2D eigenvalue weighted by Crippen LogP contribution is -2.38. The van der Waals surface area contributed by atoms with E-state index in [4.69, 9.17) is 0 Å². The number of nitrogens with zero attached hydrogens (tertiary/aromatic N) is 5. The van der Waals surface area contributed by atoms with E-state index in [1.54, 1.807) is 0 Å². The molecule has 3 heterocycles. The summed E-state index contributed by atoms with van der Waals surface area (Å²) in [6.07, 6.45) is -4.03. The topological polar surface area (TPSA) is 104 Å². The molecule has 35 heavy (non-hydrogen) atoms. The fourth-order valence-corrected chi connectivity index (χ4v) is 4.17. The second-order valence-corrected chi connectivity index (χ2v) is 8.37. The Labute approximate surface area is 196 Å². The second kappa shape index (κ2) is 8.41. The quantitative estimate of drug-likeness (QED) is 0.422. The molecule has 9 nitrogen and oxygen atoms in total. The highest BCUT2D eigenvalue weighted by atomic mass is 32.1. The molecule has 1 unspecified atom stereocenters. The van der Waals surface area contributed by atoms with Crippen molar-refractivity contribution in [1.82, 2.24) is 23.7 Å². The number of thiazole rings is 1. The minimum absolute atomic E-state index is 0.00476. The summed E-state index contributed by atoms with van der Waals surface area (Å²) in [6.45, 7) is 1.45. The zero-order valence-corrected chi connectivity index (χ0v) is 19.0. The molecule has 0 aliphatic heterocycles. The number of nitrogens with one attached hydrogen (secondary N) is 1. The summed E-state index contributed by atoms with van der Waals surface area (Å²) in [7, 11) is 2.70. The van der Waals surface area contributed by atoms with Gasteiger partial charge in [-0.25, -0.2) is 23.5 Å². The van der Waals surface area contributed by atoms with Crippen molar-refractivity contribution in [2.75, 3.05) is 5.32 Å². The molecular formula is C20H15F5N6O3S. The van der Waals surface area contributed by atoms with Crippen molar-refractivity contribution in [2.45, 2.75) is 19.1 Å². The van der Waals surface area contributed by atoms with Crippen molar-refractivity contribution in [1.29, 1.82) is 0 Å². The number of benzene rings is 1. The number of imidazole rings is 1. The van der Waals surface area contributed by atoms with Gasteiger partial charge in [-0.1, -0.05) is 0 Å². The van der Waals surface area contributed by atoms with E-state index in [9.17, 15) is 36.3 Å². The third-order valence-electron chi connectivity index (χ3n) is 5.35. The lowest BCUT2D eigenvalue weighted by Gasteiger charge is -2.13. The Hall–Kier alpha value is -3.88. The maximum Gasteiger partial charge on any atom is 0.422 e. The minimum atomic E-state index is -5.25. The number of fused-ring (bicyclic) bond motifs is 1. The van der Waals surface area contributed by atoms with Crippen molar-refractivity contribution >= 4 is 33.5 Å². The molecule has 0 aliphatic carbocycles. The third kappa shape index (κ3) is 4.00. The average Bonchev–Trinajstić information content (AvgIpc) is 3.42. The van der Waals surface area contributed by atoms with Crippen molar-refractivity contribution in [3.63, 3.8) is 0 Å². The summed E-state index contributed by atoms with van der Waals surface area (Å²) in [5.74, 6) is -4.25. The summed E-state index contributed by atoms with van der Waals surface area (Å²) < 4.78 is 70.3. The Bertz CT molecular complexity index is 1600. The first-order valence-corrected chi connectivity index (χ1v) is 10.7. The minimum Gasteiger partial charge on any atom is -0.312 e. The van der Waals surface area contributed by atoms with Crippen LogP contribution >= 0.6 is 11.3 Å². The fourth-order valence-electron chi connectivity index (χ4n) is 3.46. The highest BCUT2D eigenvalue weighted by molar-refractivity contribution is 7.14. The highest BCUT2D eigenvalue weighted by Crippen LogP contribution is 2.38. The first-order valence-electron chi connectivity index (χ1n) is 9.77. The van der Waals surface area contributed by atoms with Crippen molar-refractivity contribution in [2.24, 2.45) is 14.1 Å². The van der Waals surface area contributed by atoms with Gasteiger partial charge in [-0.3, -0.25) is 18.7 Å². The van der Waals surface area contributed by atoms with E-state index in [0.717, 1.165) is 26.5 Å². The molecule has 15 heteroatoms. The lowest BCUT2D eigenvalue weighted by atomic mass is 10.1. The molecular weight excluding hydrogens is 499 g/mol. The molecule has 3 aromatic heterocycles. The number of alkyl halides is 3. The molecule has 0 radical (unpaired) electrons. The van der Waals surface area contributed by atoms with Gasteiger partial charge in [-0.15, -0.1) is 11.3 Å². The number of hydrogen-bond acceptors (Lipinski definition) is 6. The molecule has 0 bridgehead atoms. The van der Waals surface area contributed by atoms with E-state index >= 15 is 0 Å². The van der Waals surface area contributed by atoms with Gasteiger partial charge in [-0.2, -0.15) is 13.2 Å². The van der Waals surface area contributed by atoms with Gasteiger partial charge in [0.15, 0.2) is 16.3 Å². The van der Waals surface area contributed by atoms with Crippen LogP contribution in [-0.2, 0) is 25.1 Å². The van der Waals surface area contributed by atoms with Crippen LogP contribution in [-0.4, -0.2) is 29.6 Å². The highest BCUT2D eigenvalue weighted by Gasteiger charge is 2.39. The monoisotopic (exact) mass is 514 g/mol. The van der Waals surface area contributed by atoms with Crippen molar-refractivity contribution in [3.05, 3.63) is 61.9 Å². The molecule has 4 aromatic rings. The number of hydrogen-bond donors (Lipinski definition) is 1. The van der Waals surface area contributed by atoms with Crippen molar-refractivity contribution < 1.29 is 26.7 Å². The number of aryl methyl sites for hydroxylation is 1. The van der Waals surface area contributed by atoms with Crippen LogP contribution in [0.25, 0.3) is 22.4 Å². The predicted octanol–water partition coefficient (Wildman–Crippen LogP) is 3.05. The fraction of sp³-hybridized carbons (Fsp3) is 0.250. The Morgan fingerprint density at radius 2 is 1.83 bits per heavy atom. The molecule has 0 saturated heterocycles. The number of carbonyl (C=O) groups excluding carboxylic acids is 1. The third-order valence-corrected chi connectivity index (χ3v) is 6.11. The predicted molar refractivity (Wildman–Crippen MR) is 116 cm³/mol. The summed E-state index contributed by atoms with van der Waals surface area (Å²) in [6, 6.07) is 0.289. The summed E-state index contributed by atoms with van der Waals surface area (Å²) >= 11 is 0.806. The molecule has 0 saturated carbocycles. The first-order chi connectivity index (χ1) is 16.3. The molecule has 0 fully saturated rings. The van der Waals surface area contributed by atoms with E-state index < -0.39 is 52.1 Å². The first kappa shape index (κ1) is 24.3. The molecule has 1 atom stereocenters. The van der Waals surface area contributed by atoms with E-state index in [0.29, 0.717) is 6.07 Å². The molecule has 1 amide bonds. The molecule has 1 N–H and O–H groups in total. The van der Waals surface area contributed by atoms with Crippen molar-refractivity contribution in [3.8, 4) is 11.3 Å². The van der Waals surface area contributed by atoms with Crippen LogP contribution in [0.2, 0.25) is 0 Å². The summed E-state index contributed by atoms with van der Waals surface area (Å²) in [5.41, 5.74) is -4.05. The number of halogens is 5.